The van der Waals surface area contributed by atoms with Crippen molar-refractivity contribution in [2.45, 2.75) is 18.9 Å². The fourth-order valence-electron chi connectivity index (χ4n) is 2.14. The number of carbonyl (C=O) groups excluding carboxylic acids is 1. The second-order valence-corrected chi connectivity index (χ2v) is 4.92. The van der Waals surface area contributed by atoms with Gasteiger partial charge in [-0.2, -0.15) is 0 Å². The van der Waals surface area contributed by atoms with Gasteiger partial charge in [0.1, 0.15) is 11.5 Å². The first-order valence-corrected chi connectivity index (χ1v) is 6.70. The Kier molecular flexibility index (Phi) is 3.42. The fraction of sp³-hybridized carbons (Fsp3) is 0.235. The molecule has 3 nitrogen and oxygen atoms in total. The van der Waals surface area contributed by atoms with E-state index in [0.717, 1.165) is 36.0 Å². The van der Waals surface area contributed by atoms with Gasteiger partial charge < -0.3 is 9.47 Å². The zero-order valence-corrected chi connectivity index (χ0v) is 11.3. The molecule has 1 saturated carbocycles. The first-order chi connectivity index (χ1) is 9.80. The van der Waals surface area contributed by atoms with Crippen molar-refractivity contribution in [2.24, 2.45) is 0 Å². The molecule has 2 aromatic carbocycles. The molecule has 1 aliphatic rings. The van der Waals surface area contributed by atoms with Crippen molar-refractivity contribution in [3.8, 4) is 22.6 Å². The lowest BCUT2D eigenvalue weighted by Gasteiger charge is -2.10. The second-order valence-electron chi connectivity index (χ2n) is 4.92. The van der Waals surface area contributed by atoms with Crippen molar-refractivity contribution in [2.75, 3.05) is 7.11 Å². The van der Waals surface area contributed by atoms with Gasteiger partial charge in [0.2, 0.25) is 0 Å². The van der Waals surface area contributed by atoms with Crippen LogP contribution in [0, 0.1) is 0 Å². The van der Waals surface area contributed by atoms with Gasteiger partial charge in [-0.05, 0) is 54.3 Å². The largest absolute Gasteiger partial charge is 0.497 e. The maximum atomic E-state index is 11.3. The average Bonchev–Trinajstić information content (AvgIpc) is 3.30. The molecular formula is C17H16O3. The molecule has 0 N–H and O–H groups in total. The summed E-state index contributed by atoms with van der Waals surface area (Å²) in [6, 6.07) is 13.4. The molecule has 0 spiro atoms. The van der Waals surface area contributed by atoms with Gasteiger partial charge in [-0.15, -0.1) is 0 Å². The molecule has 0 aromatic heterocycles. The van der Waals surface area contributed by atoms with Gasteiger partial charge in [0, 0.05) is 5.56 Å². The summed E-state index contributed by atoms with van der Waals surface area (Å²) in [6.45, 7) is 0. The summed E-state index contributed by atoms with van der Waals surface area (Å²) in [5, 5.41) is 0. The molecule has 0 bridgehead atoms. The van der Waals surface area contributed by atoms with E-state index < -0.39 is 0 Å². The summed E-state index contributed by atoms with van der Waals surface area (Å²) in [4.78, 5) is 11.3. The number of aldehydes is 1. The average molecular weight is 268 g/mol. The van der Waals surface area contributed by atoms with Crippen LogP contribution in [0.4, 0.5) is 0 Å². The predicted molar refractivity (Wildman–Crippen MR) is 77.5 cm³/mol. The van der Waals surface area contributed by atoms with Crippen LogP contribution in [-0.2, 0) is 0 Å². The molecule has 0 radical (unpaired) electrons. The molecule has 3 rings (SSSR count). The van der Waals surface area contributed by atoms with Crippen molar-refractivity contribution >= 4 is 6.29 Å². The smallest absolute Gasteiger partial charge is 0.150 e. The number of hydrogen-bond acceptors (Lipinski definition) is 3. The van der Waals surface area contributed by atoms with E-state index >= 15 is 0 Å². The van der Waals surface area contributed by atoms with E-state index in [1.54, 1.807) is 13.2 Å². The molecule has 0 heterocycles. The van der Waals surface area contributed by atoms with Gasteiger partial charge >= 0.3 is 0 Å². The van der Waals surface area contributed by atoms with Gasteiger partial charge in [0.15, 0.2) is 6.29 Å². The van der Waals surface area contributed by atoms with E-state index in [2.05, 4.69) is 0 Å². The number of carbonyl (C=O) groups is 1. The van der Waals surface area contributed by atoms with Gasteiger partial charge in [-0.1, -0.05) is 12.1 Å². The molecule has 0 atom stereocenters. The highest BCUT2D eigenvalue weighted by atomic mass is 16.5. The van der Waals surface area contributed by atoms with Crippen LogP contribution < -0.4 is 9.47 Å². The standard InChI is InChI=1S/C17H16O3/c1-19-15-7-8-17(13(10-15)11-18)12-3-2-4-16(9-12)20-14-5-6-14/h2-4,7-11,14H,5-6H2,1H3. The molecule has 1 aliphatic carbocycles. The molecule has 0 aliphatic heterocycles. The maximum absolute atomic E-state index is 11.3. The zero-order valence-electron chi connectivity index (χ0n) is 11.3. The lowest BCUT2D eigenvalue weighted by Crippen LogP contribution is -1.96. The van der Waals surface area contributed by atoms with Gasteiger partial charge in [-0.3, -0.25) is 4.79 Å². The number of benzene rings is 2. The van der Waals surface area contributed by atoms with Crippen molar-refractivity contribution < 1.29 is 14.3 Å². The quantitative estimate of drug-likeness (QED) is 0.775. The highest BCUT2D eigenvalue weighted by Crippen LogP contribution is 2.31. The summed E-state index contributed by atoms with van der Waals surface area (Å²) in [6.07, 6.45) is 3.48. The number of rotatable bonds is 5. The van der Waals surface area contributed by atoms with E-state index in [4.69, 9.17) is 9.47 Å². The summed E-state index contributed by atoms with van der Waals surface area (Å²) in [5.74, 6) is 1.54. The summed E-state index contributed by atoms with van der Waals surface area (Å²) < 4.78 is 10.9. The lowest BCUT2D eigenvalue weighted by molar-refractivity contribution is 0.112. The van der Waals surface area contributed by atoms with Crippen LogP contribution in [0.5, 0.6) is 11.5 Å². The molecule has 2 aromatic rings. The molecule has 3 heteroatoms. The van der Waals surface area contributed by atoms with Gasteiger partial charge in [0.25, 0.3) is 0 Å². The van der Waals surface area contributed by atoms with E-state index in [0.29, 0.717) is 17.4 Å². The van der Waals surface area contributed by atoms with E-state index in [9.17, 15) is 4.79 Å². The highest BCUT2D eigenvalue weighted by Gasteiger charge is 2.23. The Labute approximate surface area is 118 Å². The third-order valence-electron chi connectivity index (χ3n) is 3.36. The minimum Gasteiger partial charge on any atom is -0.497 e. The Balaban J connectivity index is 1.96. The molecule has 0 unspecified atom stereocenters. The monoisotopic (exact) mass is 268 g/mol. The second kappa shape index (κ2) is 5.37. The molecule has 1 fully saturated rings. The van der Waals surface area contributed by atoms with Crippen LogP contribution in [0.25, 0.3) is 11.1 Å². The van der Waals surface area contributed by atoms with Crippen LogP contribution in [0.3, 0.4) is 0 Å². The first kappa shape index (κ1) is 12.7. The predicted octanol–water partition coefficient (Wildman–Crippen LogP) is 3.72. The third kappa shape index (κ3) is 2.67. The van der Waals surface area contributed by atoms with Crippen LogP contribution in [0.1, 0.15) is 23.2 Å². The van der Waals surface area contributed by atoms with Crippen molar-refractivity contribution in [3.05, 3.63) is 48.0 Å². The molecule has 0 saturated heterocycles. The van der Waals surface area contributed by atoms with E-state index in [1.165, 1.54) is 0 Å². The van der Waals surface area contributed by atoms with Crippen molar-refractivity contribution in [1.82, 2.24) is 0 Å². The van der Waals surface area contributed by atoms with E-state index in [1.807, 2.05) is 36.4 Å². The Morgan fingerprint density at radius 3 is 2.65 bits per heavy atom. The fourth-order valence-corrected chi connectivity index (χ4v) is 2.14. The Morgan fingerprint density at radius 2 is 1.95 bits per heavy atom. The van der Waals surface area contributed by atoms with Crippen LogP contribution in [0.15, 0.2) is 42.5 Å². The van der Waals surface area contributed by atoms with Crippen LogP contribution >= 0.6 is 0 Å². The third-order valence-corrected chi connectivity index (χ3v) is 3.36. The summed E-state index contributed by atoms with van der Waals surface area (Å²) >= 11 is 0. The molecular weight excluding hydrogens is 252 g/mol. The van der Waals surface area contributed by atoms with Crippen LogP contribution in [-0.4, -0.2) is 19.5 Å². The van der Waals surface area contributed by atoms with E-state index in [-0.39, 0.29) is 0 Å². The summed E-state index contributed by atoms with van der Waals surface area (Å²) in [5.41, 5.74) is 2.49. The van der Waals surface area contributed by atoms with Gasteiger partial charge in [0.05, 0.1) is 13.2 Å². The van der Waals surface area contributed by atoms with Crippen LogP contribution in [0.2, 0.25) is 0 Å². The maximum Gasteiger partial charge on any atom is 0.150 e. The Morgan fingerprint density at radius 1 is 1.10 bits per heavy atom. The minimum atomic E-state index is 0.367. The topological polar surface area (TPSA) is 35.5 Å². The Bertz CT molecular complexity index is 630. The normalized spacial score (nSPS) is 13.8. The van der Waals surface area contributed by atoms with Crippen molar-refractivity contribution in [1.29, 1.82) is 0 Å². The molecule has 20 heavy (non-hydrogen) atoms. The highest BCUT2D eigenvalue weighted by molar-refractivity contribution is 5.88. The Hall–Kier alpha value is -2.29. The number of ether oxygens (including phenoxy) is 2. The number of methoxy groups -OCH3 is 1. The zero-order chi connectivity index (χ0) is 13.9. The molecule has 0 amide bonds. The minimum absolute atomic E-state index is 0.367. The van der Waals surface area contributed by atoms with Crippen molar-refractivity contribution in [3.63, 3.8) is 0 Å². The summed E-state index contributed by atoms with van der Waals surface area (Å²) in [7, 11) is 1.59. The first-order valence-electron chi connectivity index (χ1n) is 6.70. The SMILES string of the molecule is COc1ccc(-c2cccc(OC3CC3)c2)c(C=O)c1. The molecule has 102 valence electrons. The van der Waals surface area contributed by atoms with Gasteiger partial charge in [-0.25, -0.2) is 0 Å². The number of hydrogen-bond donors (Lipinski definition) is 0. The lowest BCUT2D eigenvalue weighted by atomic mass is 10.00.